The topological polar surface area (TPSA) is 70.6 Å². The number of aliphatic hydroxyl groups is 1. The van der Waals surface area contributed by atoms with Crippen LogP contribution in [0.2, 0.25) is 5.02 Å². The number of benzene rings is 1. The van der Waals surface area contributed by atoms with Crippen LogP contribution in [-0.4, -0.2) is 42.4 Å². The Morgan fingerprint density at radius 2 is 2.27 bits per heavy atom. The number of para-hydroxylation sites is 1. The highest BCUT2D eigenvalue weighted by Crippen LogP contribution is 2.24. The van der Waals surface area contributed by atoms with Gasteiger partial charge in [0.05, 0.1) is 23.7 Å². The molecular weight excluding hydrogens is 327 g/mol. The fourth-order valence-corrected chi connectivity index (χ4v) is 2.42. The molecule has 1 heterocycles. The molecule has 1 aromatic carbocycles. The van der Waals surface area contributed by atoms with Crippen LogP contribution in [0.1, 0.15) is 19.8 Å². The Morgan fingerprint density at radius 3 is 2.86 bits per heavy atom. The maximum absolute atomic E-state index is 12.0. The quantitative estimate of drug-likeness (QED) is 0.732. The van der Waals surface area contributed by atoms with Gasteiger partial charge in [-0.05, 0) is 25.0 Å². The Bertz CT molecular complexity index is 488. The molecule has 1 aromatic rings. The van der Waals surface area contributed by atoms with Crippen molar-refractivity contribution in [1.82, 2.24) is 10.6 Å². The second kappa shape index (κ2) is 9.20. The fraction of sp³-hybridized carbons (Fsp3) is 0.533. The zero-order chi connectivity index (χ0) is 15.2. The molecule has 0 radical (unpaired) electrons. The number of carbonyl (C=O) groups is 1. The van der Waals surface area contributed by atoms with Crippen molar-refractivity contribution in [2.75, 3.05) is 13.1 Å². The van der Waals surface area contributed by atoms with Crippen molar-refractivity contribution in [3.63, 3.8) is 0 Å². The Morgan fingerprint density at radius 1 is 1.55 bits per heavy atom. The molecule has 3 unspecified atom stereocenters. The van der Waals surface area contributed by atoms with Gasteiger partial charge >= 0.3 is 0 Å². The second-order valence-corrected chi connectivity index (χ2v) is 5.58. The van der Waals surface area contributed by atoms with Crippen molar-refractivity contribution in [3.8, 4) is 5.75 Å². The number of amides is 1. The van der Waals surface area contributed by atoms with Crippen LogP contribution >= 0.6 is 24.0 Å². The van der Waals surface area contributed by atoms with Crippen LogP contribution in [0.5, 0.6) is 5.75 Å². The van der Waals surface area contributed by atoms with Crippen molar-refractivity contribution < 1.29 is 14.6 Å². The lowest BCUT2D eigenvalue weighted by molar-refractivity contribution is -0.123. The van der Waals surface area contributed by atoms with Crippen molar-refractivity contribution in [3.05, 3.63) is 29.3 Å². The summed E-state index contributed by atoms with van der Waals surface area (Å²) in [6, 6.07) is 6.96. The van der Waals surface area contributed by atoms with E-state index in [1.807, 2.05) is 25.1 Å². The third kappa shape index (κ3) is 5.32. The Kier molecular flexibility index (Phi) is 7.96. The van der Waals surface area contributed by atoms with Gasteiger partial charge in [-0.25, -0.2) is 0 Å². The molecule has 5 nitrogen and oxygen atoms in total. The van der Waals surface area contributed by atoms with Gasteiger partial charge in [-0.1, -0.05) is 30.7 Å². The van der Waals surface area contributed by atoms with Crippen LogP contribution in [-0.2, 0) is 4.79 Å². The maximum atomic E-state index is 12.0. The summed E-state index contributed by atoms with van der Waals surface area (Å²) in [5.74, 6) is 0.516. The summed E-state index contributed by atoms with van der Waals surface area (Å²) in [4.78, 5) is 12.0. The first-order valence-electron chi connectivity index (χ1n) is 7.20. The van der Waals surface area contributed by atoms with Crippen LogP contribution in [0.25, 0.3) is 0 Å². The van der Waals surface area contributed by atoms with Gasteiger partial charge in [-0.15, -0.1) is 12.4 Å². The van der Waals surface area contributed by atoms with Crippen LogP contribution < -0.4 is 15.4 Å². The number of hydrogen-bond acceptors (Lipinski definition) is 4. The molecule has 0 spiro atoms. The molecule has 2 rings (SSSR count). The summed E-state index contributed by atoms with van der Waals surface area (Å²) in [6.45, 7) is 2.87. The average molecular weight is 349 g/mol. The summed E-state index contributed by atoms with van der Waals surface area (Å²) < 4.78 is 5.81. The molecule has 1 aliphatic heterocycles. The van der Waals surface area contributed by atoms with Crippen LogP contribution in [0.3, 0.4) is 0 Å². The van der Waals surface area contributed by atoms with Crippen molar-refractivity contribution in [2.24, 2.45) is 0 Å². The van der Waals surface area contributed by atoms with E-state index in [4.69, 9.17) is 16.3 Å². The monoisotopic (exact) mass is 348 g/mol. The summed E-state index contributed by atoms with van der Waals surface area (Å²) >= 11 is 6.06. The normalized spacial score (nSPS) is 21.8. The molecule has 1 saturated heterocycles. The number of halogens is 2. The Hall–Kier alpha value is -1.01. The van der Waals surface area contributed by atoms with E-state index >= 15 is 0 Å². The summed E-state index contributed by atoms with van der Waals surface area (Å²) in [5.41, 5.74) is 0. The number of rotatable bonds is 6. The average Bonchev–Trinajstić information content (AvgIpc) is 2.91. The summed E-state index contributed by atoms with van der Waals surface area (Å²) in [6.07, 6.45) is 0.627. The number of nitrogens with one attached hydrogen (secondary N) is 2. The highest BCUT2D eigenvalue weighted by molar-refractivity contribution is 6.32. The summed E-state index contributed by atoms with van der Waals surface area (Å²) in [5, 5.41) is 15.8. The van der Waals surface area contributed by atoms with E-state index in [2.05, 4.69) is 10.6 Å². The zero-order valence-electron chi connectivity index (χ0n) is 12.4. The van der Waals surface area contributed by atoms with E-state index in [9.17, 15) is 9.90 Å². The van der Waals surface area contributed by atoms with Gasteiger partial charge in [0.1, 0.15) is 11.9 Å². The zero-order valence-corrected chi connectivity index (χ0v) is 14.0. The Labute approximate surface area is 141 Å². The lowest BCUT2D eigenvalue weighted by Crippen LogP contribution is -2.44. The minimum Gasteiger partial charge on any atom is -0.487 e. The number of hydrogen-bond donors (Lipinski definition) is 3. The molecule has 1 aliphatic rings. The van der Waals surface area contributed by atoms with Crippen molar-refractivity contribution in [1.29, 1.82) is 0 Å². The van der Waals surface area contributed by atoms with Gasteiger partial charge in [0.15, 0.2) is 0 Å². The third-order valence-electron chi connectivity index (χ3n) is 3.51. The molecule has 0 bridgehead atoms. The summed E-state index contributed by atoms with van der Waals surface area (Å²) in [7, 11) is 0. The van der Waals surface area contributed by atoms with E-state index in [0.717, 1.165) is 6.42 Å². The predicted molar refractivity (Wildman–Crippen MR) is 88.8 cm³/mol. The van der Waals surface area contributed by atoms with Crippen LogP contribution in [0, 0.1) is 0 Å². The van der Waals surface area contributed by atoms with Gasteiger partial charge in [0.2, 0.25) is 5.91 Å². The van der Waals surface area contributed by atoms with Crippen molar-refractivity contribution in [2.45, 2.75) is 38.0 Å². The maximum Gasteiger partial charge on any atom is 0.237 e. The van der Waals surface area contributed by atoms with Gasteiger partial charge in [0.25, 0.3) is 0 Å². The number of ether oxygens (including phenoxy) is 1. The molecule has 7 heteroatoms. The molecule has 3 N–H and O–H groups in total. The molecule has 124 valence electrons. The third-order valence-corrected chi connectivity index (χ3v) is 3.83. The first kappa shape index (κ1) is 19.0. The molecule has 1 fully saturated rings. The van der Waals surface area contributed by atoms with E-state index in [-0.39, 0.29) is 30.5 Å². The lowest BCUT2D eigenvalue weighted by atomic mass is 10.2. The van der Waals surface area contributed by atoms with Gasteiger partial charge in [-0.3, -0.25) is 4.79 Å². The van der Waals surface area contributed by atoms with Gasteiger partial charge in [0, 0.05) is 6.54 Å². The number of β-amino-alcohol motifs (C(OH)–C–C–N with tert-alkyl or cyclic N) is 1. The van der Waals surface area contributed by atoms with E-state index in [1.54, 1.807) is 6.07 Å². The van der Waals surface area contributed by atoms with E-state index < -0.39 is 6.10 Å². The first-order chi connectivity index (χ1) is 10.1. The fourth-order valence-electron chi connectivity index (χ4n) is 2.24. The molecule has 1 amide bonds. The number of aliphatic hydroxyl groups excluding tert-OH is 1. The molecular formula is C15H22Cl2N2O3. The second-order valence-electron chi connectivity index (χ2n) is 5.17. The van der Waals surface area contributed by atoms with Gasteiger partial charge < -0.3 is 20.5 Å². The van der Waals surface area contributed by atoms with E-state index in [1.165, 1.54) is 0 Å². The Balaban J connectivity index is 0.00000242. The van der Waals surface area contributed by atoms with Crippen LogP contribution in [0.15, 0.2) is 24.3 Å². The SMILES string of the molecule is CCC(CNC(=O)C1CC(O)CN1)Oc1ccccc1Cl.Cl. The molecule has 22 heavy (non-hydrogen) atoms. The molecule has 0 saturated carbocycles. The minimum atomic E-state index is -0.443. The number of carbonyl (C=O) groups excluding carboxylic acids is 1. The largest absolute Gasteiger partial charge is 0.487 e. The smallest absolute Gasteiger partial charge is 0.237 e. The van der Waals surface area contributed by atoms with Gasteiger partial charge in [-0.2, -0.15) is 0 Å². The first-order valence-corrected chi connectivity index (χ1v) is 7.58. The standard InChI is InChI=1S/C15H21ClN2O3.ClH/c1-2-11(21-14-6-4-3-5-12(14)16)9-18-15(20)13-7-10(19)8-17-13;/h3-6,10-11,13,17,19H,2,7-9H2,1H3,(H,18,20);1H. The van der Waals surface area contributed by atoms with Crippen LogP contribution in [0.4, 0.5) is 0 Å². The highest BCUT2D eigenvalue weighted by Gasteiger charge is 2.28. The molecule has 3 atom stereocenters. The molecule has 0 aliphatic carbocycles. The molecule has 0 aromatic heterocycles. The highest BCUT2D eigenvalue weighted by atomic mass is 35.5. The predicted octanol–water partition coefficient (Wildman–Crippen LogP) is 1.76. The minimum absolute atomic E-state index is 0. The van der Waals surface area contributed by atoms with E-state index in [0.29, 0.717) is 30.3 Å². The van der Waals surface area contributed by atoms with Crippen molar-refractivity contribution >= 4 is 29.9 Å². The lowest BCUT2D eigenvalue weighted by Gasteiger charge is -2.20.